The zero-order chi connectivity index (χ0) is 13.0. The Morgan fingerprint density at radius 3 is 3.00 bits per heavy atom. The Morgan fingerprint density at radius 1 is 1.50 bits per heavy atom. The monoisotopic (exact) mass is 243 g/mol. The lowest BCUT2D eigenvalue weighted by atomic mass is 10.2. The first kappa shape index (κ1) is 11.9. The van der Waals surface area contributed by atoms with Crippen molar-refractivity contribution in [3.05, 3.63) is 30.0 Å². The summed E-state index contributed by atoms with van der Waals surface area (Å²) in [7, 11) is 1.82. The standard InChI is InChI=1S/C11H13N7/c1-18-7-16-9(17-18)3-5-15-11-10(13)8(6-12)2-4-14-11/h2,4,7H,3,5,13H2,1H3,(H,14,15). The molecule has 7 nitrogen and oxygen atoms in total. The van der Waals surface area contributed by atoms with Gasteiger partial charge in [0.05, 0.1) is 11.3 Å². The minimum absolute atomic E-state index is 0.369. The van der Waals surface area contributed by atoms with Gasteiger partial charge in [-0.25, -0.2) is 9.97 Å². The highest BCUT2D eigenvalue weighted by atomic mass is 15.3. The van der Waals surface area contributed by atoms with E-state index in [1.807, 2.05) is 13.1 Å². The second-order valence-corrected chi connectivity index (χ2v) is 3.74. The molecule has 0 spiro atoms. The lowest BCUT2D eigenvalue weighted by Crippen LogP contribution is -2.10. The van der Waals surface area contributed by atoms with Gasteiger partial charge in [-0.2, -0.15) is 10.4 Å². The zero-order valence-electron chi connectivity index (χ0n) is 9.96. The highest BCUT2D eigenvalue weighted by molar-refractivity contribution is 5.68. The largest absolute Gasteiger partial charge is 0.395 e. The van der Waals surface area contributed by atoms with Gasteiger partial charge in [-0.15, -0.1) is 0 Å². The van der Waals surface area contributed by atoms with Crippen molar-refractivity contribution in [2.24, 2.45) is 7.05 Å². The van der Waals surface area contributed by atoms with Crippen LogP contribution in [0.4, 0.5) is 11.5 Å². The number of aromatic nitrogens is 4. The minimum atomic E-state index is 0.369. The van der Waals surface area contributed by atoms with E-state index in [1.54, 1.807) is 23.3 Å². The summed E-state index contributed by atoms with van der Waals surface area (Å²) in [5, 5.41) is 16.1. The van der Waals surface area contributed by atoms with E-state index in [2.05, 4.69) is 20.4 Å². The SMILES string of the molecule is Cn1cnc(CCNc2nccc(C#N)c2N)n1. The average Bonchev–Trinajstić information content (AvgIpc) is 2.77. The summed E-state index contributed by atoms with van der Waals surface area (Å²) >= 11 is 0. The number of nitrogens with zero attached hydrogens (tertiary/aromatic N) is 5. The minimum Gasteiger partial charge on any atom is -0.395 e. The van der Waals surface area contributed by atoms with Crippen molar-refractivity contribution in [1.82, 2.24) is 19.7 Å². The number of hydrogen-bond donors (Lipinski definition) is 2. The topological polar surface area (TPSA) is 105 Å². The predicted molar refractivity (Wildman–Crippen MR) is 66.6 cm³/mol. The highest BCUT2D eigenvalue weighted by Crippen LogP contribution is 2.18. The number of nitrogens with two attached hydrogens (primary N) is 1. The summed E-state index contributed by atoms with van der Waals surface area (Å²) in [5.74, 6) is 1.27. The fourth-order valence-electron chi connectivity index (χ4n) is 1.50. The summed E-state index contributed by atoms with van der Waals surface area (Å²) in [5.41, 5.74) is 6.58. The second-order valence-electron chi connectivity index (χ2n) is 3.74. The van der Waals surface area contributed by atoms with E-state index < -0.39 is 0 Å². The molecule has 0 saturated heterocycles. The second kappa shape index (κ2) is 5.14. The lowest BCUT2D eigenvalue weighted by Gasteiger charge is -2.07. The number of rotatable bonds is 4. The molecule has 0 aliphatic rings. The van der Waals surface area contributed by atoms with Gasteiger partial charge in [0, 0.05) is 26.2 Å². The maximum atomic E-state index is 8.84. The number of nitrogen functional groups attached to an aromatic ring is 1. The van der Waals surface area contributed by atoms with E-state index in [0.29, 0.717) is 30.0 Å². The molecule has 7 heteroatoms. The molecule has 0 amide bonds. The fraction of sp³-hybridized carbons (Fsp3) is 0.273. The van der Waals surface area contributed by atoms with Crippen LogP contribution in [0.1, 0.15) is 11.4 Å². The molecule has 0 atom stereocenters. The van der Waals surface area contributed by atoms with Crippen molar-refractivity contribution in [2.75, 3.05) is 17.6 Å². The molecule has 0 bridgehead atoms. The predicted octanol–water partition coefficient (Wildman–Crippen LogP) is 0.319. The highest BCUT2D eigenvalue weighted by Gasteiger charge is 2.05. The van der Waals surface area contributed by atoms with Crippen molar-refractivity contribution in [3.63, 3.8) is 0 Å². The lowest BCUT2D eigenvalue weighted by molar-refractivity contribution is 0.742. The van der Waals surface area contributed by atoms with Crippen LogP contribution in [0.25, 0.3) is 0 Å². The van der Waals surface area contributed by atoms with E-state index in [1.165, 1.54) is 0 Å². The van der Waals surface area contributed by atoms with Crippen LogP contribution in [0, 0.1) is 11.3 Å². The Labute approximate surface area is 104 Å². The van der Waals surface area contributed by atoms with Crippen LogP contribution in [0.5, 0.6) is 0 Å². The molecule has 0 radical (unpaired) electrons. The molecule has 18 heavy (non-hydrogen) atoms. The third kappa shape index (κ3) is 2.55. The molecule has 3 N–H and O–H groups in total. The van der Waals surface area contributed by atoms with Crippen LogP contribution in [0.2, 0.25) is 0 Å². The quantitative estimate of drug-likeness (QED) is 0.801. The molecule has 0 aliphatic carbocycles. The Kier molecular flexibility index (Phi) is 3.38. The van der Waals surface area contributed by atoms with E-state index in [9.17, 15) is 0 Å². The third-order valence-corrected chi connectivity index (χ3v) is 2.40. The van der Waals surface area contributed by atoms with Gasteiger partial charge >= 0.3 is 0 Å². The fourth-order valence-corrected chi connectivity index (χ4v) is 1.50. The van der Waals surface area contributed by atoms with E-state index in [0.717, 1.165) is 5.82 Å². The third-order valence-electron chi connectivity index (χ3n) is 2.40. The summed E-state index contributed by atoms with van der Waals surface area (Å²) in [4.78, 5) is 8.20. The van der Waals surface area contributed by atoms with Gasteiger partial charge in [0.25, 0.3) is 0 Å². The van der Waals surface area contributed by atoms with E-state index in [4.69, 9.17) is 11.0 Å². The normalized spacial score (nSPS) is 10.0. The smallest absolute Gasteiger partial charge is 0.152 e. The van der Waals surface area contributed by atoms with Crippen molar-refractivity contribution >= 4 is 11.5 Å². The molecule has 2 aromatic rings. The molecule has 2 aromatic heterocycles. The van der Waals surface area contributed by atoms with Crippen molar-refractivity contribution < 1.29 is 0 Å². The van der Waals surface area contributed by atoms with Crippen LogP contribution in [0.3, 0.4) is 0 Å². The number of pyridine rings is 1. The zero-order valence-corrected chi connectivity index (χ0v) is 9.96. The molecule has 0 fully saturated rings. The molecule has 0 saturated carbocycles. The van der Waals surface area contributed by atoms with Gasteiger partial charge in [0.2, 0.25) is 0 Å². The molecule has 0 unspecified atom stereocenters. The molecule has 92 valence electrons. The first-order chi connectivity index (χ1) is 8.70. The first-order valence-corrected chi connectivity index (χ1v) is 5.43. The average molecular weight is 243 g/mol. The van der Waals surface area contributed by atoms with E-state index >= 15 is 0 Å². The summed E-state index contributed by atoms with van der Waals surface area (Å²) in [6, 6.07) is 3.60. The van der Waals surface area contributed by atoms with Gasteiger partial charge < -0.3 is 11.1 Å². The van der Waals surface area contributed by atoms with Crippen molar-refractivity contribution in [2.45, 2.75) is 6.42 Å². The van der Waals surface area contributed by atoms with Crippen molar-refractivity contribution in [1.29, 1.82) is 5.26 Å². The van der Waals surface area contributed by atoms with E-state index in [-0.39, 0.29) is 0 Å². The Hall–Kier alpha value is -2.62. The Balaban J connectivity index is 1.97. The van der Waals surface area contributed by atoms with Crippen molar-refractivity contribution in [3.8, 4) is 6.07 Å². The first-order valence-electron chi connectivity index (χ1n) is 5.43. The molecule has 0 aromatic carbocycles. The molecule has 2 heterocycles. The summed E-state index contributed by atoms with van der Waals surface area (Å²) in [6.45, 7) is 0.607. The van der Waals surface area contributed by atoms with Crippen LogP contribution in [-0.4, -0.2) is 26.3 Å². The molecular formula is C11H13N7. The van der Waals surface area contributed by atoms with Crippen LogP contribution >= 0.6 is 0 Å². The van der Waals surface area contributed by atoms with Gasteiger partial charge in [-0.05, 0) is 6.07 Å². The number of nitrogens with one attached hydrogen (secondary N) is 1. The van der Waals surface area contributed by atoms with Crippen LogP contribution in [0.15, 0.2) is 18.6 Å². The van der Waals surface area contributed by atoms with Gasteiger partial charge in [0.1, 0.15) is 12.4 Å². The van der Waals surface area contributed by atoms with Gasteiger partial charge in [-0.1, -0.05) is 0 Å². The van der Waals surface area contributed by atoms with Crippen LogP contribution in [-0.2, 0) is 13.5 Å². The maximum absolute atomic E-state index is 8.84. The van der Waals surface area contributed by atoms with Gasteiger partial charge in [-0.3, -0.25) is 4.68 Å². The van der Waals surface area contributed by atoms with Crippen LogP contribution < -0.4 is 11.1 Å². The van der Waals surface area contributed by atoms with Gasteiger partial charge in [0.15, 0.2) is 11.6 Å². The Morgan fingerprint density at radius 2 is 2.33 bits per heavy atom. The number of aryl methyl sites for hydroxylation is 1. The number of anilines is 2. The maximum Gasteiger partial charge on any atom is 0.152 e. The Bertz CT molecular complexity index is 581. The molecule has 0 aliphatic heterocycles. The number of hydrogen-bond acceptors (Lipinski definition) is 6. The summed E-state index contributed by atoms with van der Waals surface area (Å²) in [6.07, 6.45) is 3.87. The molecular weight excluding hydrogens is 230 g/mol. The number of nitriles is 1. The summed E-state index contributed by atoms with van der Waals surface area (Å²) < 4.78 is 1.65. The molecule has 2 rings (SSSR count).